The van der Waals surface area contributed by atoms with Crippen LogP contribution in [0.3, 0.4) is 0 Å². The average molecular weight is 144 g/mol. The van der Waals surface area contributed by atoms with Gasteiger partial charge >= 0.3 is 0 Å². The number of imidazole rings is 1. The van der Waals surface area contributed by atoms with Gasteiger partial charge in [-0.15, -0.1) is 0 Å². The van der Waals surface area contributed by atoms with Gasteiger partial charge in [0.2, 0.25) is 4.77 Å². The SMILES string of the molecule is COn1ccn(C)c1=S. The lowest BCUT2D eigenvalue weighted by Crippen LogP contribution is -2.04. The smallest absolute Gasteiger partial charge is 0.213 e. The Morgan fingerprint density at radius 2 is 2.22 bits per heavy atom. The van der Waals surface area contributed by atoms with Crippen molar-refractivity contribution >= 4 is 12.2 Å². The first-order valence-corrected chi connectivity index (χ1v) is 2.95. The van der Waals surface area contributed by atoms with Gasteiger partial charge < -0.3 is 9.40 Å². The van der Waals surface area contributed by atoms with E-state index in [0.717, 1.165) is 0 Å². The molecule has 50 valence electrons. The van der Waals surface area contributed by atoms with Gasteiger partial charge in [-0.25, -0.2) is 0 Å². The van der Waals surface area contributed by atoms with E-state index in [2.05, 4.69) is 0 Å². The van der Waals surface area contributed by atoms with Crippen LogP contribution in [0.25, 0.3) is 0 Å². The maximum Gasteiger partial charge on any atom is 0.213 e. The highest BCUT2D eigenvalue weighted by molar-refractivity contribution is 7.71. The Balaban J connectivity index is 3.20. The van der Waals surface area contributed by atoms with E-state index in [1.165, 1.54) is 4.73 Å². The Bertz CT molecular complexity index is 250. The lowest BCUT2D eigenvalue weighted by atomic mass is 10.9. The standard InChI is InChI=1S/C5H8N2OS/c1-6-3-4-7(8-2)5(6)9/h3-4H,1-2H3. The third-order valence-electron chi connectivity index (χ3n) is 1.11. The van der Waals surface area contributed by atoms with Crippen molar-refractivity contribution in [3.63, 3.8) is 0 Å². The van der Waals surface area contributed by atoms with Gasteiger partial charge in [0.25, 0.3) is 0 Å². The summed E-state index contributed by atoms with van der Waals surface area (Å²) in [5.41, 5.74) is 0. The van der Waals surface area contributed by atoms with Gasteiger partial charge in [-0.2, -0.15) is 4.73 Å². The molecule has 0 bridgehead atoms. The van der Waals surface area contributed by atoms with Crippen LogP contribution in [0, 0.1) is 4.77 Å². The molecule has 0 fully saturated rings. The summed E-state index contributed by atoms with van der Waals surface area (Å²) in [7, 11) is 3.45. The molecule has 0 radical (unpaired) electrons. The van der Waals surface area contributed by atoms with Crippen LogP contribution in [0.2, 0.25) is 0 Å². The zero-order valence-electron chi connectivity index (χ0n) is 5.37. The Kier molecular flexibility index (Phi) is 1.57. The second kappa shape index (κ2) is 2.23. The predicted octanol–water partition coefficient (Wildman–Crippen LogP) is 0.614. The van der Waals surface area contributed by atoms with Crippen LogP contribution >= 0.6 is 12.2 Å². The molecule has 0 saturated carbocycles. The molecule has 1 aromatic heterocycles. The van der Waals surface area contributed by atoms with E-state index in [1.54, 1.807) is 17.9 Å². The Morgan fingerprint density at radius 3 is 2.44 bits per heavy atom. The molecule has 1 rings (SSSR count). The molecule has 4 heteroatoms. The van der Waals surface area contributed by atoms with Crippen molar-refractivity contribution < 1.29 is 4.84 Å². The maximum atomic E-state index is 4.93. The summed E-state index contributed by atoms with van der Waals surface area (Å²) >= 11 is 4.93. The fourth-order valence-electron chi connectivity index (χ4n) is 0.582. The lowest BCUT2D eigenvalue weighted by Gasteiger charge is -1.95. The Morgan fingerprint density at radius 1 is 1.56 bits per heavy atom. The predicted molar refractivity (Wildman–Crippen MR) is 36.7 cm³/mol. The molecule has 0 aliphatic carbocycles. The molecule has 0 amide bonds. The largest absolute Gasteiger partial charge is 0.415 e. The summed E-state index contributed by atoms with van der Waals surface area (Å²) in [4.78, 5) is 4.86. The molecule has 0 spiro atoms. The number of hydrogen-bond acceptors (Lipinski definition) is 2. The van der Waals surface area contributed by atoms with Crippen molar-refractivity contribution in [3.8, 4) is 0 Å². The highest BCUT2D eigenvalue weighted by atomic mass is 32.1. The minimum Gasteiger partial charge on any atom is -0.415 e. The zero-order valence-corrected chi connectivity index (χ0v) is 6.18. The van der Waals surface area contributed by atoms with E-state index in [1.807, 2.05) is 13.2 Å². The number of rotatable bonds is 1. The maximum absolute atomic E-state index is 4.93. The third kappa shape index (κ3) is 0.977. The van der Waals surface area contributed by atoms with Crippen LogP contribution in [-0.2, 0) is 7.05 Å². The first-order valence-electron chi connectivity index (χ1n) is 2.54. The lowest BCUT2D eigenvalue weighted by molar-refractivity contribution is 0.161. The minimum atomic E-state index is 0.664. The van der Waals surface area contributed by atoms with E-state index in [4.69, 9.17) is 17.1 Å². The van der Waals surface area contributed by atoms with Crippen LogP contribution in [0.5, 0.6) is 0 Å². The molecule has 9 heavy (non-hydrogen) atoms. The number of hydrogen-bond donors (Lipinski definition) is 0. The topological polar surface area (TPSA) is 19.1 Å². The molecule has 0 saturated heterocycles. The van der Waals surface area contributed by atoms with E-state index in [-0.39, 0.29) is 0 Å². The molecule has 1 aromatic rings. The number of aryl methyl sites for hydroxylation is 1. The van der Waals surface area contributed by atoms with Crippen molar-refractivity contribution in [1.29, 1.82) is 0 Å². The quantitative estimate of drug-likeness (QED) is 0.538. The van der Waals surface area contributed by atoms with E-state index in [9.17, 15) is 0 Å². The minimum absolute atomic E-state index is 0.664. The molecule has 0 unspecified atom stereocenters. The van der Waals surface area contributed by atoms with Crippen molar-refractivity contribution in [3.05, 3.63) is 17.2 Å². The Labute approximate surface area is 58.4 Å². The van der Waals surface area contributed by atoms with E-state index >= 15 is 0 Å². The summed E-state index contributed by atoms with van der Waals surface area (Å²) in [6.45, 7) is 0. The van der Waals surface area contributed by atoms with Gasteiger partial charge in [0.05, 0.1) is 6.20 Å². The first kappa shape index (κ1) is 6.35. The monoisotopic (exact) mass is 144 g/mol. The van der Waals surface area contributed by atoms with Crippen LogP contribution in [0.15, 0.2) is 12.4 Å². The molecule has 0 aromatic carbocycles. The summed E-state index contributed by atoms with van der Waals surface area (Å²) in [6.07, 6.45) is 3.61. The van der Waals surface area contributed by atoms with Gasteiger partial charge in [0, 0.05) is 13.2 Å². The van der Waals surface area contributed by atoms with Crippen LogP contribution in [0.4, 0.5) is 0 Å². The van der Waals surface area contributed by atoms with Crippen molar-refractivity contribution in [2.45, 2.75) is 0 Å². The highest BCUT2D eigenvalue weighted by Gasteiger charge is 1.90. The van der Waals surface area contributed by atoms with Gasteiger partial charge in [-0.1, -0.05) is 0 Å². The van der Waals surface area contributed by atoms with E-state index < -0.39 is 0 Å². The average Bonchev–Trinajstić information content (AvgIpc) is 2.15. The van der Waals surface area contributed by atoms with Gasteiger partial charge in [0.1, 0.15) is 7.11 Å². The van der Waals surface area contributed by atoms with Crippen LogP contribution in [-0.4, -0.2) is 16.4 Å². The van der Waals surface area contributed by atoms with Crippen molar-refractivity contribution in [1.82, 2.24) is 9.30 Å². The van der Waals surface area contributed by atoms with Gasteiger partial charge in [-0.05, 0) is 12.2 Å². The molecular formula is C5H8N2OS. The first-order chi connectivity index (χ1) is 4.25. The fraction of sp³-hybridized carbons (Fsp3) is 0.400. The van der Waals surface area contributed by atoms with Crippen LogP contribution < -0.4 is 4.84 Å². The normalized spacial score (nSPS) is 9.56. The highest BCUT2D eigenvalue weighted by Crippen LogP contribution is 1.89. The van der Waals surface area contributed by atoms with Crippen molar-refractivity contribution in [2.24, 2.45) is 7.05 Å². The molecule has 0 aliphatic heterocycles. The Hall–Kier alpha value is -0.770. The summed E-state index contributed by atoms with van der Waals surface area (Å²) in [6, 6.07) is 0. The molecule has 0 aliphatic rings. The van der Waals surface area contributed by atoms with E-state index in [0.29, 0.717) is 4.77 Å². The second-order valence-corrected chi connectivity index (χ2v) is 2.07. The summed E-state index contributed by atoms with van der Waals surface area (Å²) < 4.78 is 3.99. The summed E-state index contributed by atoms with van der Waals surface area (Å²) in [5, 5.41) is 0. The molecular weight excluding hydrogens is 136 g/mol. The zero-order chi connectivity index (χ0) is 6.85. The van der Waals surface area contributed by atoms with Gasteiger partial charge in [0.15, 0.2) is 0 Å². The second-order valence-electron chi connectivity index (χ2n) is 1.70. The molecule has 0 N–H and O–H groups in total. The number of aromatic nitrogens is 2. The molecule has 3 nitrogen and oxygen atoms in total. The molecule has 1 heterocycles. The summed E-state index contributed by atoms with van der Waals surface area (Å²) in [5.74, 6) is 0. The van der Waals surface area contributed by atoms with Crippen LogP contribution in [0.1, 0.15) is 0 Å². The fourth-order valence-corrected chi connectivity index (χ4v) is 0.779. The number of nitrogens with zero attached hydrogens (tertiary/aromatic N) is 2. The van der Waals surface area contributed by atoms with Crippen molar-refractivity contribution in [2.75, 3.05) is 7.11 Å². The van der Waals surface area contributed by atoms with Gasteiger partial charge in [-0.3, -0.25) is 0 Å². The molecule has 0 atom stereocenters. The third-order valence-corrected chi connectivity index (χ3v) is 1.58.